The van der Waals surface area contributed by atoms with Crippen molar-refractivity contribution in [1.82, 2.24) is 21.3 Å². The summed E-state index contributed by atoms with van der Waals surface area (Å²) in [4.78, 5) is 58.4. The molecule has 15 heteroatoms. The first-order valence-electron chi connectivity index (χ1n) is 17.6. The summed E-state index contributed by atoms with van der Waals surface area (Å²) in [5, 5.41) is 19.6. The van der Waals surface area contributed by atoms with Gasteiger partial charge in [-0.25, -0.2) is 9.59 Å². The zero-order chi connectivity index (χ0) is 39.5. The molecule has 0 saturated heterocycles. The number of aromatic nitrogens is 2. The molecule has 0 bridgehead atoms. The Morgan fingerprint density at radius 3 is 1.27 bits per heavy atom. The Morgan fingerprint density at radius 2 is 0.927 bits per heavy atom. The van der Waals surface area contributed by atoms with Crippen molar-refractivity contribution in [3.05, 3.63) is 132 Å². The molecule has 294 valence electrons. The highest BCUT2D eigenvalue weighted by atomic mass is 35.5. The molecule has 5 N–H and O–H groups in total. The zero-order valence-electron chi connectivity index (χ0n) is 31.6. The molecule has 0 spiro atoms. The molecule has 4 rings (SSSR count). The number of ether oxygens (including phenoxy) is 2. The maximum Gasteiger partial charge on any atom is 0.412 e. The summed E-state index contributed by atoms with van der Waals surface area (Å²) in [6.45, 7) is 9.09. The van der Waals surface area contributed by atoms with Crippen LogP contribution >= 0.6 is 0 Å². The van der Waals surface area contributed by atoms with Crippen molar-refractivity contribution >= 4 is 30.0 Å². The molecule has 2 aromatic heterocycles. The molecule has 55 heavy (non-hydrogen) atoms. The average molecular weight is 778 g/mol. The third-order valence-corrected chi connectivity index (χ3v) is 7.63. The summed E-state index contributed by atoms with van der Waals surface area (Å²) in [5.74, 6) is -1.73. The number of hydrogen-bond acceptors (Lipinski definition) is 7. The van der Waals surface area contributed by atoms with Crippen molar-refractivity contribution in [2.75, 3.05) is 0 Å². The highest BCUT2D eigenvalue weighted by molar-refractivity contribution is 5.96. The van der Waals surface area contributed by atoms with E-state index in [9.17, 15) is 24.0 Å². The number of carboxylic acid groups (broad SMARTS) is 1. The van der Waals surface area contributed by atoms with E-state index in [-0.39, 0.29) is 49.9 Å². The Morgan fingerprint density at radius 1 is 0.564 bits per heavy atom. The molecule has 0 saturated carbocycles. The molecule has 14 nitrogen and oxygen atoms in total. The quantitative estimate of drug-likeness (QED) is 0.111. The lowest BCUT2D eigenvalue weighted by molar-refractivity contribution is -0.727. The van der Waals surface area contributed by atoms with E-state index < -0.39 is 30.1 Å². The van der Waals surface area contributed by atoms with Gasteiger partial charge in [-0.05, 0) is 58.6 Å². The molecule has 2 aromatic carbocycles. The van der Waals surface area contributed by atoms with Gasteiger partial charge in [-0.1, -0.05) is 60.7 Å². The van der Waals surface area contributed by atoms with Crippen LogP contribution in [0.1, 0.15) is 66.5 Å². The first kappa shape index (κ1) is 45.1. The van der Waals surface area contributed by atoms with Gasteiger partial charge >= 0.3 is 18.2 Å². The fourth-order valence-electron chi connectivity index (χ4n) is 4.87. The van der Waals surface area contributed by atoms with Crippen LogP contribution in [0.3, 0.4) is 0 Å². The van der Waals surface area contributed by atoms with Crippen molar-refractivity contribution in [3.8, 4) is 0 Å². The molecule has 0 aliphatic rings. The largest absolute Gasteiger partial charge is 1.00 e. The summed E-state index contributed by atoms with van der Waals surface area (Å²) in [7, 11) is 0. The van der Waals surface area contributed by atoms with Crippen molar-refractivity contribution in [2.24, 2.45) is 0 Å². The third-order valence-electron chi connectivity index (χ3n) is 7.63. The molecule has 4 amide bonds. The Balaban J connectivity index is 0.000000374. The monoisotopic (exact) mass is 777 g/mol. The lowest BCUT2D eigenvalue weighted by atomic mass is 10.1. The van der Waals surface area contributed by atoms with E-state index in [0.29, 0.717) is 17.5 Å². The van der Waals surface area contributed by atoms with E-state index >= 15 is 0 Å². The minimum Gasteiger partial charge on any atom is -1.00 e. The van der Waals surface area contributed by atoms with Gasteiger partial charge in [0.15, 0.2) is 24.8 Å². The Bertz CT molecular complexity index is 1800. The molecule has 0 unspecified atom stereocenters. The summed E-state index contributed by atoms with van der Waals surface area (Å²) >= 11 is 0. The normalized spacial score (nSPS) is 11.9. The van der Waals surface area contributed by atoms with Crippen LogP contribution in [-0.4, -0.2) is 59.2 Å². The van der Waals surface area contributed by atoms with Crippen LogP contribution in [0.25, 0.3) is 0 Å². The van der Waals surface area contributed by atoms with Gasteiger partial charge in [-0.3, -0.25) is 14.4 Å². The van der Waals surface area contributed by atoms with Crippen molar-refractivity contribution in [2.45, 2.75) is 85.1 Å². The Kier molecular flexibility index (Phi) is 19.4. The number of benzene rings is 2. The van der Waals surface area contributed by atoms with Gasteiger partial charge in [0.1, 0.15) is 6.04 Å². The summed E-state index contributed by atoms with van der Waals surface area (Å²) in [6.07, 6.45) is 6.98. The summed E-state index contributed by atoms with van der Waals surface area (Å²) in [6, 6.07) is 25.2. The van der Waals surface area contributed by atoms with Crippen LogP contribution in [0.15, 0.2) is 110 Å². The Hall–Kier alpha value is -6.02. The number of halogens is 1. The first-order chi connectivity index (χ1) is 25.8. The first-order valence-corrected chi connectivity index (χ1v) is 17.6. The molecular formula is C40H50ClN6O8+. The third kappa shape index (κ3) is 17.6. The predicted octanol–water partition coefficient (Wildman–Crippen LogP) is 0.923. The second-order valence-electron chi connectivity index (χ2n) is 13.0. The summed E-state index contributed by atoms with van der Waals surface area (Å²) < 4.78 is 13.7. The van der Waals surface area contributed by atoms with Gasteiger partial charge in [0.25, 0.3) is 25.3 Å². The Labute approximate surface area is 327 Å². The fourth-order valence-corrected chi connectivity index (χ4v) is 4.87. The fraction of sp³-hybridized carbons (Fsp3) is 0.325. The maximum atomic E-state index is 11.9. The number of nitrogens with one attached hydrogen (secondary N) is 4. The van der Waals surface area contributed by atoms with Crippen molar-refractivity contribution in [3.63, 3.8) is 0 Å². The van der Waals surface area contributed by atoms with Gasteiger partial charge in [0.2, 0.25) is 0 Å². The average Bonchev–Trinajstić information content (AvgIpc) is 3.14. The van der Waals surface area contributed by atoms with Gasteiger partial charge in [-0.2, -0.15) is 9.13 Å². The highest BCUT2D eigenvalue weighted by Crippen LogP contribution is 2.04. The van der Waals surface area contributed by atoms with Crippen molar-refractivity contribution in [1.29, 1.82) is 0 Å². The number of nitrogens with zero attached hydrogens (tertiary/aromatic N) is 2. The number of carbonyl (C=O) groups is 5. The van der Waals surface area contributed by atoms with E-state index in [2.05, 4.69) is 21.3 Å². The highest BCUT2D eigenvalue weighted by Gasteiger charge is 2.17. The standard InChI is InChI=1S/C20H23N3O5.C20H25N3O3.ClH/c1-14(12-16-6-4-3-5-7-16)21-20(27)28-13-23-10-8-17(9-11-23)18(24)22-15(2)19(25)26;1-15(2)21-19(24)18-9-11-23(12-10-18)14-26-20(25)22-16(3)13-17-7-5-4-6-8-17;/h3-11,14-15H,12-13H2,1-2H3,(H2-,21,22,24,25,26,27);4-12,15-16H,13-14H2,1-3H3,(H-,21,22,24,25);1H/p+1/t14-,15-;16-;/m00./s1. The lowest BCUT2D eigenvalue weighted by Gasteiger charge is -2.13. The van der Waals surface area contributed by atoms with Gasteiger partial charge < -0.3 is 48.3 Å². The van der Waals surface area contributed by atoms with Crippen LogP contribution < -0.4 is 42.8 Å². The smallest absolute Gasteiger partial charge is 0.412 e. The van der Waals surface area contributed by atoms with E-state index in [1.807, 2.05) is 88.4 Å². The molecular weight excluding hydrogens is 728 g/mol. The number of carbonyl (C=O) groups excluding carboxylic acids is 4. The second kappa shape index (κ2) is 23.6. The molecule has 3 atom stereocenters. The van der Waals surface area contributed by atoms with Gasteiger partial charge in [0, 0.05) is 42.4 Å². The van der Waals surface area contributed by atoms with Crippen LogP contribution in [0.2, 0.25) is 0 Å². The number of rotatable bonds is 15. The minimum atomic E-state index is -1.11. The van der Waals surface area contributed by atoms with Crippen LogP contribution in [0, 0.1) is 0 Å². The van der Waals surface area contributed by atoms with E-state index in [4.69, 9.17) is 14.6 Å². The molecule has 4 aromatic rings. The van der Waals surface area contributed by atoms with Gasteiger partial charge in [-0.15, -0.1) is 0 Å². The second-order valence-corrected chi connectivity index (χ2v) is 13.0. The zero-order valence-corrected chi connectivity index (χ0v) is 32.4. The summed E-state index contributed by atoms with van der Waals surface area (Å²) in [5.41, 5.74) is 3.15. The topological polar surface area (TPSA) is 180 Å². The minimum absolute atomic E-state index is 0. The molecule has 0 fully saturated rings. The molecule has 0 radical (unpaired) electrons. The van der Waals surface area contributed by atoms with Crippen LogP contribution in [0.4, 0.5) is 9.59 Å². The van der Waals surface area contributed by atoms with E-state index in [1.54, 1.807) is 46.1 Å². The SMILES string of the molecule is CC(C)NC(=O)c1cc[n+](COC(=O)N[C@@H](C)Cc2ccccc2)cc1.C[C@H](NC(=O)c1cc[n+](COC(=O)N[C@@H](C)Cc2ccccc2)cc1)C(=O)O.[Cl-]. The predicted molar refractivity (Wildman–Crippen MR) is 199 cm³/mol. The van der Waals surface area contributed by atoms with Gasteiger partial charge in [0.05, 0.1) is 11.1 Å². The van der Waals surface area contributed by atoms with Crippen LogP contribution in [-0.2, 0) is 40.6 Å². The number of amides is 4. The van der Waals surface area contributed by atoms with Crippen molar-refractivity contribution < 1.29 is 60.1 Å². The lowest BCUT2D eigenvalue weighted by Crippen LogP contribution is -3.00. The van der Waals surface area contributed by atoms with E-state index in [0.717, 1.165) is 17.5 Å². The molecule has 0 aliphatic carbocycles. The maximum absolute atomic E-state index is 11.9. The number of alkyl carbamates (subject to hydrolysis) is 2. The number of carboxylic acids is 1. The molecule has 0 aliphatic heterocycles. The van der Waals surface area contributed by atoms with Crippen LogP contribution in [0.5, 0.6) is 0 Å². The number of aliphatic carboxylic acids is 1. The number of pyridine rings is 2. The number of hydrogen-bond donors (Lipinski definition) is 5. The molecule has 2 heterocycles. The van der Waals surface area contributed by atoms with E-state index in [1.165, 1.54) is 19.1 Å².